The Kier molecular flexibility index (Phi) is 2.97. The van der Waals surface area contributed by atoms with Crippen LogP contribution in [0.15, 0.2) is 23.3 Å². The van der Waals surface area contributed by atoms with Gasteiger partial charge in [-0.1, -0.05) is 31.6 Å². The molecule has 1 nitrogen and oxygen atoms in total. The lowest BCUT2D eigenvalue weighted by atomic mass is 9.85. The van der Waals surface area contributed by atoms with Gasteiger partial charge in [0, 0.05) is 6.04 Å². The van der Waals surface area contributed by atoms with Crippen molar-refractivity contribution in [2.75, 3.05) is 0 Å². The lowest BCUT2D eigenvalue weighted by molar-refractivity contribution is 0.451. The van der Waals surface area contributed by atoms with E-state index in [4.69, 9.17) is 5.73 Å². The fourth-order valence-electron chi connectivity index (χ4n) is 1.96. The molecule has 2 N–H and O–H groups in total. The van der Waals surface area contributed by atoms with Crippen LogP contribution in [0.2, 0.25) is 0 Å². The molecule has 1 aliphatic rings. The van der Waals surface area contributed by atoms with Crippen molar-refractivity contribution < 1.29 is 0 Å². The number of hydrogen-bond donors (Lipinski definition) is 1. The van der Waals surface area contributed by atoms with Crippen LogP contribution in [0.5, 0.6) is 0 Å². The first-order valence-corrected chi connectivity index (χ1v) is 5.07. The summed E-state index contributed by atoms with van der Waals surface area (Å²) in [6.07, 6.45) is 6.82. The minimum absolute atomic E-state index is 0.164. The molecule has 1 unspecified atom stereocenters. The van der Waals surface area contributed by atoms with E-state index in [1.807, 2.05) is 6.92 Å². The maximum atomic E-state index is 5.70. The molecule has 1 heteroatoms. The van der Waals surface area contributed by atoms with E-state index in [0.29, 0.717) is 5.41 Å². The molecule has 0 radical (unpaired) electrons. The van der Waals surface area contributed by atoms with Crippen molar-refractivity contribution in [1.29, 1.82) is 0 Å². The molecule has 0 aromatic carbocycles. The summed E-state index contributed by atoms with van der Waals surface area (Å²) in [4.78, 5) is 0. The minimum Gasteiger partial charge on any atom is -0.325 e. The summed E-state index contributed by atoms with van der Waals surface area (Å²) in [5.41, 5.74) is 9.07. The molecule has 0 aliphatic heterocycles. The molecule has 0 spiro atoms. The highest BCUT2D eigenvalue weighted by Crippen LogP contribution is 2.42. The number of nitrogens with two attached hydrogens (primary N) is 1. The third-order valence-electron chi connectivity index (χ3n) is 2.88. The Morgan fingerprint density at radius 1 is 1.46 bits per heavy atom. The SMILES string of the molecule is CC1=C(C=CC(C)N)C(C)(C)CC1. The first-order chi connectivity index (χ1) is 5.93. The molecule has 74 valence electrons. The molecular weight excluding hydrogens is 158 g/mol. The second-order valence-corrected chi connectivity index (χ2v) is 4.80. The van der Waals surface area contributed by atoms with E-state index >= 15 is 0 Å². The fourth-order valence-corrected chi connectivity index (χ4v) is 1.96. The van der Waals surface area contributed by atoms with Gasteiger partial charge in [0.25, 0.3) is 0 Å². The van der Waals surface area contributed by atoms with Gasteiger partial charge < -0.3 is 5.73 Å². The lowest BCUT2D eigenvalue weighted by Gasteiger charge is -2.20. The monoisotopic (exact) mass is 179 g/mol. The molecule has 0 heterocycles. The van der Waals surface area contributed by atoms with Crippen LogP contribution in [0.25, 0.3) is 0 Å². The zero-order valence-electron chi connectivity index (χ0n) is 9.22. The van der Waals surface area contributed by atoms with E-state index < -0.39 is 0 Å². The van der Waals surface area contributed by atoms with Crippen LogP contribution in [0.1, 0.15) is 40.5 Å². The second-order valence-electron chi connectivity index (χ2n) is 4.80. The highest BCUT2D eigenvalue weighted by molar-refractivity contribution is 5.35. The Hall–Kier alpha value is -0.560. The van der Waals surface area contributed by atoms with Crippen LogP contribution in [-0.4, -0.2) is 6.04 Å². The van der Waals surface area contributed by atoms with Crippen LogP contribution in [0, 0.1) is 5.41 Å². The average Bonchev–Trinajstić information content (AvgIpc) is 2.23. The van der Waals surface area contributed by atoms with Gasteiger partial charge in [0.1, 0.15) is 0 Å². The highest BCUT2D eigenvalue weighted by atomic mass is 14.6. The molecule has 0 fully saturated rings. The third-order valence-corrected chi connectivity index (χ3v) is 2.88. The van der Waals surface area contributed by atoms with Crippen molar-refractivity contribution in [1.82, 2.24) is 0 Å². The van der Waals surface area contributed by atoms with Gasteiger partial charge in [-0.2, -0.15) is 0 Å². The maximum absolute atomic E-state index is 5.70. The molecule has 0 bridgehead atoms. The van der Waals surface area contributed by atoms with Gasteiger partial charge in [-0.3, -0.25) is 0 Å². The van der Waals surface area contributed by atoms with Crippen molar-refractivity contribution in [3.05, 3.63) is 23.3 Å². The molecule has 0 saturated carbocycles. The topological polar surface area (TPSA) is 26.0 Å². The van der Waals surface area contributed by atoms with E-state index in [2.05, 4.69) is 32.9 Å². The summed E-state index contributed by atoms with van der Waals surface area (Å²) in [6.45, 7) is 8.86. The second kappa shape index (κ2) is 3.67. The molecule has 0 aromatic rings. The first-order valence-electron chi connectivity index (χ1n) is 5.07. The van der Waals surface area contributed by atoms with Crippen molar-refractivity contribution >= 4 is 0 Å². The van der Waals surface area contributed by atoms with Gasteiger partial charge in [-0.15, -0.1) is 0 Å². The summed E-state index contributed by atoms with van der Waals surface area (Å²) < 4.78 is 0. The normalized spacial score (nSPS) is 24.4. The summed E-state index contributed by atoms with van der Waals surface area (Å²) in [7, 11) is 0. The van der Waals surface area contributed by atoms with Gasteiger partial charge in [0.2, 0.25) is 0 Å². The predicted molar refractivity (Wildman–Crippen MR) is 58.5 cm³/mol. The van der Waals surface area contributed by atoms with E-state index in [0.717, 1.165) is 0 Å². The van der Waals surface area contributed by atoms with Crippen LogP contribution in [0.4, 0.5) is 0 Å². The largest absolute Gasteiger partial charge is 0.325 e. The number of hydrogen-bond acceptors (Lipinski definition) is 1. The Bertz CT molecular complexity index is 244. The number of rotatable bonds is 2. The van der Waals surface area contributed by atoms with Crippen molar-refractivity contribution in [2.24, 2.45) is 11.1 Å². The maximum Gasteiger partial charge on any atom is 0.0197 e. The van der Waals surface area contributed by atoms with Crippen LogP contribution < -0.4 is 5.73 Å². The molecule has 1 atom stereocenters. The van der Waals surface area contributed by atoms with Crippen LogP contribution >= 0.6 is 0 Å². The Morgan fingerprint density at radius 2 is 2.08 bits per heavy atom. The smallest absolute Gasteiger partial charge is 0.0197 e. The van der Waals surface area contributed by atoms with Crippen molar-refractivity contribution in [3.63, 3.8) is 0 Å². The molecule has 1 aliphatic carbocycles. The van der Waals surface area contributed by atoms with Crippen LogP contribution in [0.3, 0.4) is 0 Å². The molecule has 13 heavy (non-hydrogen) atoms. The lowest BCUT2D eigenvalue weighted by Crippen LogP contribution is -2.12. The van der Waals surface area contributed by atoms with Gasteiger partial charge >= 0.3 is 0 Å². The summed E-state index contributed by atoms with van der Waals surface area (Å²) in [5.74, 6) is 0. The summed E-state index contributed by atoms with van der Waals surface area (Å²) in [6, 6.07) is 0.164. The Morgan fingerprint density at radius 3 is 2.46 bits per heavy atom. The fraction of sp³-hybridized carbons (Fsp3) is 0.667. The number of allylic oxidation sites excluding steroid dienone is 3. The zero-order valence-corrected chi connectivity index (χ0v) is 9.22. The minimum atomic E-state index is 0.164. The van der Waals surface area contributed by atoms with Crippen LogP contribution in [-0.2, 0) is 0 Å². The standard InChI is InChI=1S/C12H21N/c1-9-7-8-12(3,4)11(9)6-5-10(2)13/h5-6,10H,7-8,13H2,1-4H3. The Balaban J connectivity index is 2.83. The van der Waals surface area contributed by atoms with Gasteiger partial charge in [-0.25, -0.2) is 0 Å². The molecule has 1 rings (SSSR count). The Labute approximate surface area is 81.7 Å². The van der Waals surface area contributed by atoms with Gasteiger partial charge in [-0.05, 0) is 37.7 Å². The molecular formula is C12H21N. The molecule has 0 amide bonds. The van der Waals surface area contributed by atoms with Crippen molar-refractivity contribution in [3.8, 4) is 0 Å². The van der Waals surface area contributed by atoms with E-state index in [1.54, 1.807) is 0 Å². The van der Waals surface area contributed by atoms with E-state index in [-0.39, 0.29) is 6.04 Å². The van der Waals surface area contributed by atoms with Crippen molar-refractivity contribution in [2.45, 2.75) is 46.6 Å². The average molecular weight is 179 g/mol. The van der Waals surface area contributed by atoms with Gasteiger partial charge in [0.15, 0.2) is 0 Å². The van der Waals surface area contributed by atoms with E-state index in [1.165, 1.54) is 24.0 Å². The zero-order chi connectivity index (χ0) is 10.1. The molecule has 0 aromatic heterocycles. The van der Waals surface area contributed by atoms with Gasteiger partial charge in [0.05, 0.1) is 0 Å². The summed E-state index contributed by atoms with van der Waals surface area (Å²) >= 11 is 0. The summed E-state index contributed by atoms with van der Waals surface area (Å²) in [5, 5.41) is 0. The first kappa shape index (κ1) is 10.5. The highest BCUT2D eigenvalue weighted by Gasteiger charge is 2.28. The third kappa shape index (κ3) is 2.44. The predicted octanol–water partition coefficient (Wildman–Crippen LogP) is 3.03. The molecule has 0 saturated heterocycles. The van der Waals surface area contributed by atoms with E-state index in [9.17, 15) is 0 Å². The quantitative estimate of drug-likeness (QED) is 0.692.